The van der Waals surface area contributed by atoms with Gasteiger partial charge in [0.15, 0.2) is 5.76 Å². The van der Waals surface area contributed by atoms with Crippen LogP contribution in [0.25, 0.3) is 0 Å². The normalized spacial score (nSPS) is 20.7. The Kier molecular flexibility index (Phi) is 6.11. The number of sulfonamides is 1. The van der Waals surface area contributed by atoms with Crippen LogP contribution in [0.15, 0.2) is 15.6 Å². The Bertz CT molecular complexity index is 1060. The van der Waals surface area contributed by atoms with Crippen LogP contribution >= 0.6 is 0 Å². The van der Waals surface area contributed by atoms with Crippen LogP contribution in [0.1, 0.15) is 71.4 Å². The Morgan fingerprint density at radius 2 is 1.81 bits per heavy atom. The summed E-state index contributed by atoms with van der Waals surface area (Å²) in [5, 5.41) is 3.79. The number of nitrogens with zero attached hydrogens (tertiary/aromatic N) is 5. The number of aryl methyl sites for hydroxylation is 3. The van der Waals surface area contributed by atoms with Crippen molar-refractivity contribution in [2.75, 3.05) is 26.2 Å². The van der Waals surface area contributed by atoms with Gasteiger partial charge in [-0.15, -0.1) is 0 Å². The lowest BCUT2D eigenvalue weighted by molar-refractivity contribution is 0.0722. The quantitative estimate of drug-likeness (QED) is 0.708. The summed E-state index contributed by atoms with van der Waals surface area (Å²) < 4.78 is 32.9. The first kappa shape index (κ1) is 21.9. The molecule has 31 heavy (non-hydrogen) atoms. The summed E-state index contributed by atoms with van der Waals surface area (Å²) >= 11 is 0. The molecule has 2 saturated heterocycles. The van der Waals surface area contributed by atoms with Gasteiger partial charge >= 0.3 is 0 Å². The highest BCUT2D eigenvalue weighted by Crippen LogP contribution is 2.31. The largest absolute Gasteiger partial charge is 0.360 e. The Morgan fingerprint density at radius 1 is 1.06 bits per heavy atom. The Labute approximate surface area is 182 Å². The summed E-state index contributed by atoms with van der Waals surface area (Å²) in [5.41, 5.74) is 1.54. The lowest BCUT2D eigenvalue weighted by Crippen LogP contribution is -2.40. The predicted octanol–water partition coefficient (Wildman–Crippen LogP) is 2.58. The van der Waals surface area contributed by atoms with Crippen LogP contribution in [0.3, 0.4) is 0 Å². The maximum Gasteiger partial charge on any atom is 0.257 e. The second-order valence-electron chi connectivity index (χ2n) is 8.44. The summed E-state index contributed by atoms with van der Waals surface area (Å²) in [7, 11) is -3.71. The van der Waals surface area contributed by atoms with E-state index in [1.807, 2.05) is 11.8 Å². The summed E-state index contributed by atoms with van der Waals surface area (Å²) in [4.78, 5) is 23.9. The van der Waals surface area contributed by atoms with Crippen molar-refractivity contribution in [3.05, 3.63) is 34.7 Å². The first-order valence-corrected chi connectivity index (χ1v) is 12.3. The van der Waals surface area contributed by atoms with Crippen molar-refractivity contribution in [3.63, 3.8) is 0 Å². The molecule has 2 aliphatic heterocycles. The SMILES string of the molecule is Cc1nc([C@@H]2CCCN(S(=O)(=O)c3c(C)noc3C)C2)ncc1C(=O)N1CCCCC1. The Hall–Kier alpha value is -2.33. The van der Waals surface area contributed by atoms with E-state index in [1.54, 1.807) is 20.0 Å². The van der Waals surface area contributed by atoms with Gasteiger partial charge in [0, 0.05) is 38.3 Å². The fraction of sp³-hybridized carbons (Fsp3) is 0.619. The van der Waals surface area contributed by atoms with Crippen molar-refractivity contribution in [2.24, 2.45) is 0 Å². The number of hydrogen-bond acceptors (Lipinski definition) is 7. The molecule has 0 spiro atoms. The molecule has 2 aromatic rings. The van der Waals surface area contributed by atoms with Gasteiger partial charge in [0.1, 0.15) is 16.4 Å². The van der Waals surface area contributed by atoms with Gasteiger partial charge in [-0.05, 0) is 52.9 Å². The minimum absolute atomic E-state index is 0.0185. The molecular formula is C21H29N5O4S. The van der Waals surface area contributed by atoms with E-state index in [0.717, 1.165) is 38.8 Å². The van der Waals surface area contributed by atoms with E-state index in [2.05, 4.69) is 15.1 Å². The van der Waals surface area contributed by atoms with Crippen molar-refractivity contribution in [2.45, 2.75) is 63.7 Å². The van der Waals surface area contributed by atoms with E-state index in [4.69, 9.17) is 4.52 Å². The molecule has 4 rings (SSSR count). The van der Waals surface area contributed by atoms with E-state index in [0.29, 0.717) is 48.0 Å². The second kappa shape index (κ2) is 8.66. The molecule has 2 aromatic heterocycles. The molecule has 1 amide bonds. The van der Waals surface area contributed by atoms with E-state index in [-0.39, 0.29) is 16.7 Å². The fourth-order valence-electron chi connectivity index (χ4n) is 4.50. The number of likely N-dealkylation sites (tertiary alicyclic amines) is 1. The van der Waals surface area contributed by atoms with Crippen LogP contribution in [-0.4, -0.2) is 64.8 Å². The predicted molar refractivity (Wildman–Crippen MR) is 113 cm³/mol. The molecule has 2 aliphatic rings. The third kappa shape index (κ3) is 4.23. The first-order chi connectivity index (χ1) is 14.8. The van der Waals surface area contributed by atoms with Gasteiger partial charge < -0.3 is 9.42 Å². The standard InChI is InChI=1S/C21H29N5O4S/c1-14-18(21(27)25-9-5-4-6-10-25)12-22-20(23-14)17-8-7-11-26(13-17)31(28,29)19-15(2)24-30-16(19)3/h12,17H,4-11,13H2,1-3H3/t17-/m1/s1. The highest BCUT2D eigenvalue weighted by molar-refractivity contribution is 7.89. The zero-order chi connectivity index (χ0) is 22.2. The van der Waals surface area contributed by atoms with Crippen LogP contribution in [0.5, 0.6) is 0 Å². The van der Waals surface area contributed by atoms with Crippen LogP contribution in [0.2, 0.25) is 0 Å². The summed E-state index contributed by atoms with van der Waals surface area (Å²) in [6, 6.07) is 0. The number of carbonyl (C=O) groups excluding carboxylic acids is 1. The van der Waals surface area contributed by atoms with Crippen molar-refractivity contribution < 1.29 is 17.7 Å². The van der Waals surface area contributed by atoms with Crippen LogP contribution < -0.4 is 0 Å². The van der Waals surface area contributed by atoms with Crippen LogP contribution in [-0.2, 0) is 10.0 Å². The van der Waals surface area contributed by atoms with Crippen molar-refractivity contribution in [1.82, 2.24) is 24.3 Å². The number of rotatable bonds is 4. The molecule has 2 fully saturated rings. The molecule has 0 radical (unpaired) electrons. The van der Waals surface area contributed by atoms with Crippen molar-refractivity contribution in [3.8, 4) is 0 Å². The molecule has 4 heterocycles. The minimum atomic E-state index is -3.71. The number of carbonyl (C=O) groups is 1. The maximum absolute atomic E-state index is 13.2. The molecule has 0 N–H and O–H groups in total. The monoisotopic (exact) mass is 447 g/mol. The van der Waals surface area contributed by atoms with Crippen molar-refractivity contribution in [1.29, 1.82) is 0 Å². The molecule has 0 aliphatic carbocycles. The van der Waals surface area contributed by atoms with Gasteiger partial charge in [0.05, 0.1) is 11.3 Å². The van der Waals surface area contributed by atoms with E-state index < -0.39 is 10.0 Å². The fourth-order valence-corrected chi connectivity index (χ4v) is 6.32. The minimum Gasteiger partial charge on any atom is -0.360 e. The average Bonchev–Trinajstić information content (AvgIpc) is 3.12. The summed E-state index contributed by atoms with van der Waals surface area (Å²) in [6.45, 7) is 7.35. The van der Waals surface area contributed by atoms with Gasteiger partial charge in [-0.25, -0.2) is 18.4 Å². The third-order valence-electron chi connectivity index (χ3n) is 6.19. The third-order valence-corrected chi connectivity index (χ3v) is 8.30. The zero-order valence-corrected chi connectivity index (χ0v) is 19.1. The molecule has 0 bridgehead atoms. The topological polar surface area (TPSA) is 110 Å². The van der Waals surface area contributed by atoms with E-state index in [1.165, 1.54) is 4.31 Å². The zero-order valence-electron chi connectivity index (χ0n) is 18.3. The first-order valence-electron chi connectivity index (χ1n) is 10.8. The van der Waals surface area contributed by atoms with Gasteiger partial charge in [-0.1, -0.05) is 5.16 Å². The Balaban J connectivity index is 1.53. The van der Waals surface area contributed by atoms with E-state index in [9.17, 15) is 13.2 Å². The lowest BCUT2D eigenvalue weighted by atomic mass is 9.98. The van der Waals surface area contributed by atoms with Crippen LogP contribution in [0, 0.1) is 20.8 Å². The number of aromatic nitrogens is 3. The molecule has 1 atom stereocenters. The number of piperidine rings is 2. The van der Waals surface area contributed by atoms with Crippen LogP contribution in [0.4, 0.5) is 0 Å². The summed E-state index contributed by atoms with van der Waals surface area (Å²) in [5.74, 6) is 0.746. The maximum atomic E-state index is 13.2. The van der Waals surface area contributed by atoms with Gasteiger partial charge in [-0.3, -0.25) is 4.79 Å². The second-order valence-corrected chi connectivity index (χ2v) is 10.3. The van der Waals surface area contributed by atoms with Crippen molar-refractivity contribution >= 4 is 15.9 Å². The smallest absolute Gasteiger partial charge is 0.257 e. The molecule has 168 valence electrons. The van der Waals surface area contributed by atoms with Gasteiger partial charge in [-0.2, -0.15) is 4.31 Å². The van der Waals surface area contributed by atoms with E-state index >= 15 is 0 Å². The highest BCUT2D eigenvalue weighted by atomic mass is 32.2. The number of amides is 1. The Morgan fingerprint density at radius 3 is 2.45 bits per heavy atom. The molecule has 9 nitrogen and oxygen atoms in total. The van der Waals surface area contributed by atoms with Gasteiger partial charge in [0.2, 0.25) is 10.0 Å². The summed E-state index contributed by atoms with van der Waals surface area (Å²) in [6.07, 6.45) is 6.34. The lowest BCUT2D eigenvalue weighted by Gasteiger charge is -2.31. The molecule has 10 heteroatoms. The van der Waals surface area contributed by atoms with Gasteiger partial charge in [0.25, 0.3) is 5.91 Å². The highest BCUT2D eigenvalue weighted by Gasteiger charge is 2.36. The molecule has 0 unspecified atom stereocenters. The molecule has 0 saturated carbocycles. The molecular weight excluding hydrogens is 418 g/mol. The molecule has 0 aromatic carbocycles. The number of hydrogen-bond donors (Lipinski definition) is 0. The average molecular weight is 448 g/mol.